The molecule has 0 bridgehead atoms. The quantitative estimate of drug-likeness (QED) is 0.237. The Morgan fingerprint density at radius 2 is 1.18 bits per heavy atom. The van der Waals surface area contributed by atoms with Crippen LogP contribution in [-0.2, 0) is 32.2 Å². The van der Waals surface area contributed by atoms with E-state index in [1.165, 1.54) is 0 Å². The van der Waals surface area contributed by atoms with Crippen molar-refractivity contribution in [2.45, 2.75) is 6.92 Å². The van der Waals surface area contributed by atoms with Gasteiger partial charge in [0.25, 0.3) is 0 Å². The summed E-state index contributed by atoms with van der Waals surface area (Å²) in [7, 11) is 1.86. The fourth-order valence-electron chi connectivity index (χ4n) is 1.44. The molecule has 0 rings (SSSR count). The predicted octanol–water partition coefficient (Wildman–Crippen LogP) is 1.05. The molecule has 0 aromatic carbocycles. The van der Waals surface area contributed by atoms with Gasteiger partial charge >= 0.3 is 8.80 Å². The molecule has 0 radical (unpaired) electrons. The first-order valence-electron chi connectivity index (χ1n) is 7.21. The van der Waals surface area contributed by atoms with Crippen LogP contribution in [0.3, 0.4) is 0 Å². The molecule has 0 saturated heterocycles. The summed E-state index contributed by atoms with van der Waals surface area (Å²) in [5, 5.41) is 0. The Labute approximate surface area is 134 Å². The van der Waals surface area contributed by atoms with Crippen molar-refractivity contribution in [2.24, 2.45) is 0 Å². The van der Waals surface area contributed by atoms with Crippen molar-refractivity contribution in [1.29, 1.82) is 0 Å². The third-order valence-electron chi connectivity index (χ3n) is 2.46. The molecular formula is C14H30O7Si. The van der Waals surface area contributed by atoms with Gasteiger partial charge in [-0.3, -0.25) is 0 Å². The highest BCUT2D eigenvalue weighted by atomic mass is 28.4. The lowest BCUT2D eigenvalue weighted by atomic mass is 10.4. The zero-order valence-electron chi connectivity index (χ0n) is 14.2. The molecule has 0 heterocycles. The lowest BCUT2D eigenvalue weighted by molar-refractivity contribution is -0.00599. The summed E-state index contributed by atoms with van der Waals surface area (Å²) >= 11 is 0. The van der Waals surface area contributed by atoms with Crippen LogP contribution in [0.5, 0.6) is 0 Å². The molecule has 0 saturated carbocycles. The minimum absolute atomic E-state index is 0.247. The van der Waals surface area contributed by atoms with Gasteiger partial charge in [-0.15, -0.1) is 0 Å². The molecule has 0 unspecified atom stereocenters. The molecule has 132 valence electrons. The van der Waals surface area contributed by atoms with Crippen molar-refractivity contribution < 1.29 is 32.2 Å². The molecule has 8 heteroatoms. The minimum Gasteiger partial charge on any atom is -0.382 e. The molecule has 0 fully saturated rings. The standard InChI is InChI=1S/C14H30O7Si/c1-14(2)12-18-13-22(19-9-6-15-3,20-10-7-16-4)21-11-8-17-5/h1,6-13H2,2-5H3. The van der Waals surface area contributed by atoms with Gasteiger partial charge in [0, 0.05) is 21.3 Å². The van der Waals surface area contributed by atoms with Gasteiger partial charge in [-0.1, -0.05) is 12.2 Å². The zero-order valence-corrected chi connectivity index (χ0v) is 15.2. The van der Waals surface area contributed by atoms with E-state index in [2.05, 4.69) is 6.58 Å². The van der Waals surface area contributed by atoms with E-state index in [9.17, 15) is 0 Å². The summed E-state index contributed by atoms with van der Waals surface area (Å²) in [6.07, 6.45) is 0.247. The first kappa shape index (κ1) is 21.7. The van der Waals surface area contributed by atoms with Gasteiger partial charge in [0.1, 0.15) is 6.23 Å². The Morgan fingerprint density at radius 1 is 0.773 bits per heavy atom. The summed E-state index contributed by atoms with van der Waals surface area (Å²) in [4.78, 5) is 0. The number of hydrogen-bond acceptors (Lipinski definition) is 7. The van der Waals surface area contributed by atoms with Gasteiger partial charge in [-0.25, -0.2) is 0 Å². The number of hydrogen-bond donors (Lipinski definition) is 0. The van der Waals surface area contributed by atoms with Gasteiger partial charge in [0.15, 0.2) is 0 Å². The van der Waals surface area contributed by atoms with Crippen LogP contribution in [0.1, 0.15) is 6.92 Å². The maximum atomic E-state index is 5.85. The number of methoxy groups -OCH3 is 3. The molecule has 7 nitrogen and oxygen atoms in total. The van der Waals surface area contributed by atoms with Crippen molar-refractivity contribution >= 4 is 8.80 Å². The number of ether oxygens (including phenoxy) is 4. The van der Waals surface area contributed by atoms with E-state index >= 15 is 0 Å². The summed E-state index contributed by atoms with van der Waals surface area (Å²) in [5.74, 6) is 0. The Hall–Kier alpha value is -0.323. The van der Waals surface area contributed by atoms with Crippen molar-refractivity contribution in [1.82, 2.24) is 0 Å². The molecule has 0 aliphatic carbocycles. The SMILES string of the molecule is C=C(C)COC[Si](OCCOC)(OCCOC)OCCOC. The highest BCUT2D eigenvalue weighted by molar-refractivity contribution is 6.60. The predicted molar refractivity (Wildman–Crippen MR) is 84.9 cm³/mol. The summed E-state index contributed by atoms with van der Waals surface area (Å²) in [6, 6.07) is 0. The molecule has 0 aliphatic heterocycles. The molecule has 22 heavy (non-hydrogen) atoms. The molecule has 0 N–H and O–H groups in total. The minimum atomic E-state index is -2.98. The first-order valence-corrected chi connectivity index (χ1v) is 9.14. The van der Waals surface area contributed by atoms with Crippen LogP contribution >= 0.6 is 0 Å². The fraction of sp³-hybridized carbons (Fsp3) is 0.857. The normalized spacial score (nSPS) is 11.8. The first-order chi connectivity index (χ1) is 10.6. The Bertz CT molecular complexity index is 249. The third-order valence-corrected chi connectivity index (χ3v) is 4.95. The molecule has 0 amide bonds. The second-order valence-electron chi connectivity index (χ2n) is 4.66. The molecule has 0 spiro atoms. The van der Waals surface area contributed by atoms with Crippen molar-refractivity contribution in [2.75, 3.05) is 73.8 Å². The van der Waals surface area contributed by atoms with E-state index in [0.29, 0.717) is 46.2 Å². The van der Waals surface area contributed by atoms with Crippen molar-refractivity contribution in [3.8, 4) is 0 Å². The van der Waals surface area contributed by atoms with Gasteiger partial charge in [0.2, 0.25) is 0 Å². The van der Waals surface area contributed by atoms with Gasteiger partial charge in [0.05, 0.1) is 46.2 Å². The topological polar surface area (TPSA) is 64.6 Å². The smallest absolute Gasteiger partial charge is 0.382 e. The summed E-state index contributed by atoms with van der Waals surface area (Å²) in [6.45, 7) is 8.63. The highest BCUT2D eigenvalue weighted by Crippen LogP contribution is 2.12. The average Bonchev–Trinajstić information content (AvgIpc) is 2.47. The Kier molecular flexibility index (Phi) is 14.1. The van der Waals surface area contributed by atoms with Crippen LogP contribution in [0.4, 0.5) is 0 Å². The van der Waals surface area contributed by atoms with Crippen LogP contribution < -0.4 is 0 Å². The van der Waals surface area contributed by atoms with Crippen molar-refractivity contribution in [3.63, 3.8) is 0 Å². The lowest BCUT2D eigenvalue weighted by Crippen LogP contribution is -2.52. The Morgan fingerprint density at radius 3 is 1.50 bits per heavy atom. The Balaban J connectivity index is 4.64. The van der Waals surface area contributed by atoms with E-state index < -0.39 is 8.80 Å². The van der Waals surface area contributed by atoms with Crippen LogP contribution in [0.15, 0.2) is 12.2 Å². The fourth-order valence-corrected chi connectivity index (χ4v) is 3.48. The van der Waals surface area contributed by atoms with Gasteiger partial charge in [-0.05, 0) is 6.92 Å². The highest BCUT2D eigenvalue weighted by Gasteiger charge is 2.42. The molecule has 0 aromatic heterocycles. The van der Waals surface area contributed by atoms with E-state index in [1.54, 1.807) is 21.3 Å². The second-order valence-corrected chi connectivity index (χ2v) is 7.18. The molecule has 0 atom stereocenters. The lowest BCUT2D eigenvalue weighted by Gasteiger charge is -2.29. The van der Waals surface area contributed by atoms with Crippen LogP contribution in [-0.4, -0.2) is 82.6 Å². The van der Waals surface area contributed by atoms with Crippen LogP contribution in [0.25, 0.3) is 0 Å². The maximum absolute atomic E-state index is 5.85. The second kappa shape index (κ2) is 14.3. The van der Waals surface area contributed by atoms with Crippen LogP contribution in [0, 0.1) is 0 Å². The van der Waals surface area contributed by atoms with Crippen LogP contribution in [0.2, 0.25) is 0 Å². The summed E-state index contributed by atoms with van der Waals surface area (Å²) in [5.41, 5.74) is 0.925. The molecular weight excluding hydrogens is 308 g/mol. The van der Waals surface area contributed by atoms with E-state index in [-0.39, 0.29) is 6.23 Å². The van der Waals surface area contributed by atoms with Gasteiger partial charge < -0.3 is 32.2 Å². The zero-order chi connectivity index (χ0) is 16.7. The molecule has 0 aromatic rings. The number of rotatable bonds is 16. The molecule has 0 aliphatic rings. The third kappa shape index (κ3) is 11.3. The average molecular weight is 338 g/mol. The summed E-state index contributed by atoms with van der Waals surface area (Å²) < 4.78 is 38.2. The van der Waals surface area contributed by atoms with E-state index in [1.807, 2.05) is 6.92 Å². The van der Waals surface area contributed by atoms with Gasteiger partial charge in [-0.2, -0.15) is 0 Å². The maximum Gasteiger partial charge on any atom is 0.528 e. The van der Waals surface area contributed by atoms with Crippen molar-refractivity contribution in [3.05, 3.63) is 12.2 Å². The monoisotopic (exact) mass is 338 g/mol. The van der Waals surface area contributed by atoms with E-state index in [0.717, 1.165) is 5.57 Å². The van der Waals surface area contributed by atoms with E-state index in [4.69, 9.17) is 32.2 Å². The largest absolute Gasteiger partial charge is 0.528 e.